The van der Waals surface area contributed by atoms with Crippen molar-refractivity contribution in [2.75, 3.05) is 13.6 Å². The van der Waals surface area contributed by atoms with Crippen LogP contribution in [0.2, 0.25) is 0 Å². The molecule has 2 aliphatic rings. The van der Waals surface area contributed by atoms with Crippen LogP contribution < -0.4 is 0 Å². The molecule has 104 valence electrons. The van der Waals surface area contributed by atoms with Crippen LogP contribution in [0.4, 0.5) is 0 Å². The van der Waals surface area contributed by atoms with Gasteiger partial charge >= 0.3 is 0 Å². The first kappa shape index (κ1) is 14.1. The lowest BCUT2D eigenvalue weighted by Gasteiger charge is -2.45. The molecule has 1 aromatic rings. The third-order valence-electron chi connectivity index (χ3n) is 5.44. The predicted octanol–water partition coefficient (Wildman–Crippen LogP) is 4.92. The molecule has 0 N–H and O–H groups in total. The summed E-state index contributed by atoms with van der Waals surface area (Å²) >= 11 is 7.16. The Hall–Kier alpha value is 0.140. The number of hydrogen-bond acceptors (Lipinski definition) is 0. The molecule has 2 unspecified atom stereocenters. The molecule has 2 bridgehead atoms. The maximum absolute atomic E-state index is 3.61. The second-order valence-corrected chi connectivity index (χ2v) is 8.09. The summed E-state index contributed by atoms with van der Waals surface area (Å²) in [5, 5.41) is 0. The molecule has 0 radical (unpaired) electrons. The molecular formula is C16H22Br2N+. The van der Waals surface area contributed by atoms with E-state index in [9.17, 15) is 0 Å². The van der Waals surface area contributed by atoms with Gasteiger partial charge in [-0.1, -0.05) is 6.07 Å². The molecule has 2 heterocycles. The molecular weight excluding hydrogens is 366 g/mol. The minimum atomic E-state index is 0.942. The van der Waals surface area contributed by atoms with Crippen molar-refractivity contribution >= 4 is 31.9 Å². The maximum Gasteiger partial charge on any atom is 0.0892 e. The predicted molar refractivity (Wildman–Crippen MR) is 87.3 cm³/mol. The second kappa shape index (κ2) is 5.50. The summed E-state index contributed by atoms with van der Waals surface area (Å²) in [4.78, 5) is 0. The van der Waals surface area contributed by atoms with Crippen molar-refractivity contribution in [2.45, 2.75) is 50.6 Å². The topological polar surface area (TPSA) is 0 Å². The molecule has 3 rings (SSSR count). The number of hydrogen-bond donors (Lipinski definition) is 0. The molecule has 2 atom stereocenters. The average molecular weight is 388 g/mol. The molecule has 3 heteroatoms. The van der Waals surface area contributed by atoms with E-state index >= 15 is 0 Å². The van der Waals surface area contributed by atoms with Crippen LogP contribution in [0.5, 0.6) is 0 Å². The number of nitrogens with zero attached hydrogens (tertiary/aromatic N) is 1. The third-order valence-corrected chi connectivity index (χ3v) is 7.32. The number of quaternary nitrogens is 1. The Morgan fingerprint density at radius 2 is 1.74 bits per heavy atom. The molecule has 0 spiro atoms. The number of likely N-dealkylation sites (N-methyl/N-ethyl adjacent to an activating group) is 1. The summed E-state index contributed by atoms with van der Waals surface area (Å²) < 4.78 is 3.66. The summed E-state index contributed by atoms with van der Waals surface area (Å²) in [5.41, 5.74) is 1.46. The van der Waals surface area contributed by atoms with Gasteiger partial charge < -0.3 is 4.48 Å². The van der Waals surface area contributed by atoms with E-state index in [1.165, 1.54) is 59.6 Å². The zero-order chi connectivity index (χ0) is 13.5. The Bertz CT molecular complexity index is 456. The molecule has 19 heavy (non-hydrogen) atoms. The minimum Gasteiger partial charge on any atom is -0.321 e. The van der Waals surface area contributed by atoms with Crippen molar-refractivity contribution in [2.24, 2.45) is 0 Å². The zero-order valence-electron chi connectivity index (χ0n) is 11.5. The van der Waals surface area contributed by atoms with Crippen molar-refractivity contribution in [1.29, 1.82) is 0 Å². The van der Waals surface area contributed by atoms with Gasteiger partial charge in [-0.3, -0.25) is 0 Å². The van der Waals surface area contributed by atoms with E-state index in [0.717, 1.165) is 16.6 Å². The Morgan fingerprint density at radius 3 is 2.37 bits per heavy atom. The van der Waals surface area contributed by atoms with Crippen molar-refractivity contribution in [3.8, 4) is 0 Å². The lowest BCUT2D eigenvalue weighted by Crippen LogP contribution is -2.56. The highest BCUT2D eigenvalue weighted by molar-refractivity contribution is 9.13. The Kier molecular flexibility index (Phi) is 4.08. The summed E-state index contributed by atoms with van der Waals surface area (Å²) in [6, 6.07) is 8.56. The first-order valence-electron chi connectivity index (χ1n) is 7.38. The molecule has 2 saturated heterocycles. The van der Waals surface area contributed by atoms with Crippen LogP contribution in [0.15, 0.2) is 27.1 Å². The van der Waals surface area contributed by atoms with Crippen molar-refractivity contribution in [3.05, 3.63) is 32.7 Å². The van der Waals surface area contributed by atoms with Gasteiger partial charge in [-0.2, -0.15) is 0 Å². The van der Waals surface area contributed by atoms with Gasteiger partial charge in [0.2, 0.25) is 0 Å². The Morgan fingerprint density at radius 1 is 1.05 bits per heavy atom. The smallest absolute Gasteiger partial charge is 0.0892 e. The Labute approximate surface area is 133 Å². The third kappa shape index (κ3) is 2.66. The van der Waals surface area contributed by atoms with Crippen LogP contribution in [0.1, 0.15) is 37.7 Å². The van der Waals surface area contributed by atoms with Gasteiger partial charge in [0.05, 0.1) is 25.7 Å². The molecule has 2 fully saturated rings. The number of halogens is 2. The largest absolute Gasteiger partial charge is 0.321 e. The SMILES string of the molecule is C[N+]1(CCc2ccc(Br)c(Br)c2)C2CCCC1CC2. The Balaban J connectivity index is 1.70. The standard InChI is InChI=1S/C16H22Br2N/c1-19(13-3-2-4-14(19)7-6-13)10-9-12-5-8-15(17)16(18)11-12/h5,8,11,13-14H,2-4,6-7,9-10H2,1H3/q+1. The first-order valence-corrected chi connectivity index (χ1v) is 8.97. The summed E-state index contributed by atoms with van der Waals surface area (Å²) in [6.07, 6.45) is 8.51. The van der Waals surface area contributed by atoms with Crippen LogP contribution in [-0.2, 0) is 6.42 Å². The molecule has 1 aromatic carbocycles. The first-order chi connectivity index (χ1) is 9.09. The lowest BCUT2D eigenvalue weighted by molar-refractivity contribution is -0.948. The molecule has 0 aromatic heterocycles. The average Bonchev–Trinajstić information content (AvgIpc) is 2.59. The van der Waals surface area contributed by atoms with Gasteiger partial charge in [-0.25, -0.2) is 0 Å². The molecule has 0 aliphatic carbocycles. The van der Waals surface area contributed by atoms with E-state index in [2.05, 4.69) is 57.1 Å². The molecule has 1 nitrogen and oxygen atoms in total. The number of benzene rings is 1. The highest BCUT2D eigenvalue weighted by Crippen LogP contribution is 2.41. The van der Waals surface area contributed by atoms with Gasteiger partial charge in [0.1, 0.15) is 0 Å². The van der Waals surface area contributed by atoms with E-state index in [4.69, 9.17) is 0 Å². The molecule has 0 amide bonds. The fourth-order valence-electron chi connectivity index (χ4n) is 4.17. The van der Waals surface area contributed by atoms with Crippen molar-refractivity contribution in [1.82, 2.24) is 0 Å². The summed E-state index contributed by atoms with van der Waals surface area (Å²) in [5.74, 6) is 0. The molecule has 0 saturated carbocycles. The highest BCUT2D eigenvalue weighted by Gasteiger charge is 2.47. The normalized spacial score (nSPS) is 33.6. The van der Waals surface area contributed by atoms with Crippen molar-refractivity contribution < 1.29 is 4.48 Å². The molecule has 2 aliphatic heterocycles. The van der Waals surface area contributed by atoms with Gasteiger partial charge in [0.15, 0.2) is 0 Å². The van der Waals surface area contributed by atoms with Crippen LogP contribution in [0.25, 0.3) is 0 Å². The monoisotopic (exact) mass is 386 g/mol. The van der Waals surface area contributed by atoms with E-state index < -0.39 is 0 Å². The maximum atomic E-state index is 3.61. The highest BCUT2D eigenvalue weighted by atomic mass is 79.9. The summed E-state index contributed by atoms with van der Waals surface area (Å²) in [7, 11) is 2.51. The van der Waals surface area contributed by atoms with Crippen LogP contribution in [0.3, 0.4) is 0 Å². The lowest BCUT2D eigenvalue weighted by atomic mass is 9.98. The van der Waals surface area contributed by atoms with E-state index in [1.807, 2.05) is 0 Å². The number of rotatable bonds is 3. The number of piperidine rings is 1. The van der Waals surface area contributed by atoms with Crippen LogP contribution in [-0.4, -0.2) is 30.2 Å². The van der Waals surface area contributed by atoms with Gasteiger partial charge in [0.25, 0.3) is 0 Å². The van der Waals surface area contributed by atoms with E-state index in [-0.39, 0.29) is 0 Å². The minimum absolute atomic E-state index is 0.942. The fourth-order valence-corrected chi connectivity index (χ4v) is 4.84. The van der Waals surface area contributed by atoms with Gasteiger partial charge in [0, 0.05) is 28.2 Å². The van der Waals surface area contributed by atoms with Gasteiger partial charge in [-0.15, -0.1) is 0 Å². The van der Waals surface area contributed by atoms with Crippen LogP contribution >= 0.6 is 31.9 Å². The second-order valence-electron chi connectivity index (χ2n) is 6.38. The van der Waals surface area contributed by atoms with Crippen LogP contribution in [0, 0.1) is 0 Å². The van der Waals surface area contributed by atoms with E-state index in [1.54, 1.807) is 0 Å². The fraction of sp³-hybridized carbons (Fsp3) is 0.625. The number of fused-ring (bicyclic) bond motifs is 2. The quantitative estimate of drug-likeness (QED) is 0.646. The summed E-state index contributed by atoms with van der Waals surface area (Å²) in [6.45, 7) is 1.31. The van der Waals surface area contributed by atoms with Gasteiger partial charge in [-0.05, 0) is 68.8 Å². The zero-order valence-corrected chi connectivity index (χ0v) is 14.7. The van der Waals surface area contributed by atoms with E-state index in [0.29, 0.717) is 0 Å². The van der Waals surface area contributed by atoms with Crippen molar-refractivity contribution in [3.63, 3.8) is 0 Å².